The molecule has 7 nitrogen and oxygen atoms in total. The van der Waals surface area contributed by atoms with Crippen molar-refractivity contribution in [3.63, 3.8) is 0 Å². The standard InChI is InChI=1S/C20H22ClN5O2/c1-3-28-17-7-4-15(5-8-17)11-25(2)12-20(27)24-18-10-16(21)6-9-19(18)26-14-22-13-23-26/h4-10,13-14H,3,11-12H2,1-2H3,(H,24,27). The molecule has 1 N–H and O–H groups in total. The van der Waals surface area contributed by atoms with Crippen molar-refractivity contribution in [2.45, 2.75) is 13.5 Å². The molecular weight excluding hydrogens is 378 g/mol. The Morgan fingerprint density at radius 1 is 1.25 bits per heavy atom. The molecule has 146 valence electrons. The van der Waals surface area contributed by atoms with Gasteiger partial charge >= 0.3 is 0 Å². The lowest BCUT2D eigenvalue weighted by Crippen LogP contribution is -2.30. The van der Waals surface area contributed by atoms with Crippen LogP contribution in [0.3, 0.4) is 0 Å². The molecule has 0 atom stereocenters. The first-order valence-corrected chi connectivity index (χ1v) is 9.27. The Kier molecular flexibility index (Phi) is 6.62. The number of carbonyl (C=O) groups is 1. The van der Waals surface area contributed by atoms with Crippen molar-refractivity contribution in [3.8, 4) is 11.4 Å². The van der Waals surface area contributed by atoms with Gasteiger partial charge in [-0.1, -0.05) is 23.7 Å². The third kappa shape index (κ3) is 5.31. The van der Waals surface area contributed by atoms with Crippen LogP contribution in [0.4, 0.5) is 5.69 Å². The first-order chi connectivity index (χ1) is 13.5. The van der Waals surface area contributed by atoms with E-state index in [4.69, 9.17) is 16.3 Å². The van der Waals surface area contributed by atoms with Crippen LogP contribution in [0.1, 0.15) is 12.5 Å². The molecule has 28 heavy (non-hydrogen) atoms. The van der Waals surface area contributed by atoms with E-state index >= 15 is 0 Å². The molecule has 0 unspecified atom stereocenters. The van der Waals surface area contributed by atoms with Gasteiger partial charge in [-0.25, -0.2) is 9.67 Å². The van der Waals surface area contributed by atoms with E-state index in [0.717, 1.165) is 11.3 Å². The Morgan fingerprint density at radius 3 is 2.71 bits per heavy atom. The normalized spacial score (nSPS) is 10.9. The Balaban J connectivity index is 1.61. The summed E-state index contributed by atoms with van der Waals surface area (Å²) in [4.78, 5) is 18.4. The van der Waals surface area contributed by atoms with Crippen molar-refractivity contribution in [1.82, 2.24) is 19.7 Å². The molecule has 3 rings (SSSR count). The fraction of sp³-hybridized carbons (Fsp3) is 0.250. The maximum atomic E-state index is 12.5. The van der Waals surface area contributed by atoms with Gasteiger partial charge in [-0.3, -0.25) is 9.69 Å². The summed E-state index contributed by atoms with van der Waals surface area (Å²) < 4.78 is 7.03. The van der Waals surface area contributed by atoms with Gasteiger partial charge in [0, 0.05) is 11.6 Å². The molecular formula is C20H22ClN5O2. The second kappa shape index (κ2) is 9.34. The third-order valence-electron chi connectivity index (χ3n) is 4.00. The molecule has 0 radical (unpaired) electrons. The van der Waals surface area contributed by atoms with E-state index in [9.17, 15) is 4.79 Å². The second-order valence-electron chi connectivity index (χ2n) is 6.30. The van der Waals surface area contributed by atoms with Crippen LogP contribution in [0.5, 0.6) is 5.75 Å². The Morgan fingerprint density at radius 2 is 2.04 bits per heavy atom. The van der Waals surface area contributed by atoms with Gasteiger partial charge in [-0.05, 0) is 49.9 Å². The van der Waals surface area contributed by atoms with E-state index in [0.29, 0.717) is 29.5 Å². The number of carbonyl (C=O) groups excluding carboxylic acids is 1. The van der Waals surface area contributed by atoms with Crippen molar-refractivity contribution >= 4 is 23.2 Å². The molecule has 0 aliphatic carbocycles. The molecule has 1 heterocycles. The van der Waals surface area contributed by atoms with Crippen molar-refractivity contribution < 1.29 is 9.53 Å². The summed E-state index contributed by atoms with van der Waals surface area (Å²) in [5, 5.41) is 7.55. The fourth-order valence-electron chi connectivity index (χ4n) is 2.80. The predicted octanol–water partition coefficient (Wildman–Crippen LogP) is 3.39. The maximum Gasteiger partial charge on any atom is 0.238 e. The number of halogens is 1. The number of nitrogens with one attached hydrogen (secondary N) is 1. The number of anilines is 1. The molecule has 0 fully saturated rings. The molecule has 0 aliphatic heterocycles. The van der Waals surface area contributed by atoms with E-state index in [1.165, 1.54) is 6.33 Å². The van der Waals surface area contributed by atoms with Crippen LogP contribution < -0.4 is 10.1 Å². The second-order valence-corrected chi connectivity index (χ2v) is 6.74. The highest BCUT2D eigenvalue weighted by molar-refractivity contribution is 6.31. The highest BCUT2D eigenvalue weighted by atomic mass is 35.5. The largest absolute Gasteiger partial charge is 0.494 e. The number of nitrogens with zero attached hydrogens (tertiary/aromatic N) is 4. The third-order valence-corrected chi connectivity index (χ3v) is 4.23. The molecule has 1 amide bonds. The minimum atomic E-state index is -0.142. The minimum Gasteiger partial charge on any atom is -0.494 e. The van der Waals surface area contributed by atoms with Crippen LogP contribution in [0.2, 0.25) is 5.02 Å². The zero-order chi connectivity index (χ0) is 19.9. The zero-order valence-electron chi connectivity index (χ0n) is 15.8. The number of amides is 1. The average Bonchev–Trinajstić information content (AvgIpc) is 3.18. The van der Waals surface area contributed by atoms with Gasteiger partial charge in [0.1, 0.15) is 18.4 Å². The number of benzene rings is 2. The molecule has 2 aromatic carbocycles. The van der Waals surface area contributed by atoms with E-state index in [2.05, 4.69) is 15.4 Å². The number of hydrogen-bond acceptors (Lipinski definition) is 5. The summed E-state index contributed by atoms with van der Waals surface area (Å²) in [5.41, 5.74) is 2.38. The van der Waals surface area contributed by atoms with E-state index < -0.39 is 0 Å². The topological polar surface area (TPSA) is 72.3 Å². The fourth-order valence-corrected chi connectivity index (χ4v) is 2.97. The molecule has 1 aromatic heterocycles. The van der Waals surface area contributed by atoms with Gasteiger partial charge < -0.3 is 10.1 Å². The molecule has 3 aromatic rings. The van der Waals surface area contributed by atoms with Gasteiger partial charge in [-0.15, -0.1) is 0 Å². The maximum absolute atomic E-state index is 12.5. The number of ether oxygens (including phenoxy) is 1. The van der Waals surface area contributed by atoms with E-state index in [1.54, 1.807) is 29.2 Å². The molecule has 0 spiro atoms. The zero-order valence-corrected chi connectivity index (χ0v) is 16.6. The van der Waals surface area contributed by atoms with Gasteiger partial charge in [-0.2, -0.15) is 5.10 Å². The molecule has 8 heteroatoms. The predicted molar refractivity (Wildman–Crippen MR) is 109 cm³/mol. The monoisotopic (exact) mass is 399 g/mol. The Hall–Kier alpha value is -2.90. The molecule has 0 saturated heterocycles. The van der Waals surface area contributed by atoms with Crippen LogP contribution in [0.15, 0.2) is 55.1 Å². The average molecular weight is 400 g/mol. The molecule has 0 aliphatic rings. The van der Waals surface area contributed by atoms with Crippen LogP contribution in [0.25, 0.3) is 5.69 Å². The molecule has 0 saturated carbocycles. The van der Waals surface area contributed by atoms with Gasteiger partial charge in [0.25, 0.3) is 0 Å². The molecule has 0 bridgehead atoms. The van der Waals surface area contributed by atoms with Crippen molar-refractivity contribution in [2.75, 3.05) is 25.5 Å². The van der Waals surface area contributed by atoms with Crippen molar-refractivity contribution in [3.05, 3.63) is 65.7 Å². The summed E-state index contributed by atoms with van der Waals surface area (Å²) in [6.45, 7) is 3.47. The SMILES string of the molecule is CCOc1ccc(CN(C)CC(=O)Nc2cc(Cl)ccc2-n2cncn2)cc1. The van der Waals surface area contributed by atoms with Crippen molar-refractivity contribution in [2.24, 2.45) is 0 Å². The van der Waals surface area contributed by atoms with Gasteiger partial charge in [0.15, 0.2) is 0 Å². The lowest BCUT2D eigenvalue weighted by Gasteiger charge is -2.18. The van der Waals surface area contributed by atoms with Crippen LogP contribution in [0, 0.1) is 0 Å². The van der Waals surface area contributed by atoms with Crippen molar-refractivity contribution in [1.29, 1.82) is 0 Å². The highest BCUT2D eigenvalue weighted by Gasteiger charge is 2.12. The summed E-state index contributed by atoms with van der Waals surface area (Å²) in [7, 11) is 1.90. The highest BCUT2D eigenvalue weighted by Crippen LogP contribution is 2.24. The summed E-state index contributed by atoms with van der Waals surface area (Å²) >= 11 is 6.09. The lowest BCUT2D eigenvalue weighted by molar-refractivity contribution is -0.117. The smallest absolute Gasteiger partial charge is 0.238 e. The summed E-state index contributed by atoms with van der Waals surface area (Å²) in [5.74, 6) is 0.699. The van der Waals surface area contributed by atoms with Crippen LogP contribution in [-0.4, -0.2) is 45.8 Å². The summed E-state index contributed by atoms with van der Waals surface area (Å²) in [6, 6.07) is 13.1. The first kappa shape index (κ1) is 19.9. The van der Waals surface area contributed by atoms with E-state index in [-0.39, 0.29) is 12.5 Å². The number of likely N-dealkylation sites (N-methyl/N-ethyl adjacent to an activating group) is 1. The Bertz CT molecular complexity index is 913. The first-order valence-electron chi connectivity index (χ1n) is 8.90. The lowest BCUT2D eigenvalue weighted by atomic mass is 10.2. The van der Waals surface area contributed by atoms with Crippen LogP contribution in [-0.2, 0) is 11.3 Å². The summed E-state index contributed by atoms with van der Waals surface area (Å²) in [6.07, 6.45) is 3.00. The Labute approximate surface area is 168 Å². The van der Waals surface area contributed by atoms with Gasteiger partial charge in [0.05, 0.1) is 24.5 Å². The quantitative estimate of drug-likeness (QED) is 0.628. The van der Waals surface area contributed by atoms with Gasteiger partial charge in [0.2, 0.25) is 5.91 Å². The van der Waals surface area contributed by atoms with Crippen LogP contribution >= 0.6 is 11.6 Å². The van der Waals surface area contributed by atoms with E-state index in [1.807, 2.05) is 43.1 Å². The number of rotatable bonds is 8. The number of aromatic nitrogens is 3. The number of hydrogen-bond donors (Lipinski definition) is 1. The minimum absolute atomic E-state index is 0.142.